The second-order valence-electron chi connectivity index (χ2n) is 4.86. The fourth-order valence-electron chi connectivity index (χ4n) is 2.61. The molecule has 0 fully saturated rings. The van der Waals surface area contributed by atoms with Crippen LogP contribution in [-0.2, 0) is 19.9 Å². The summed E-state index contributed by atoms with van der Waals surface area (Å²) < 4.78 is 1.94. The maximum Gasteiger partial charge on any atom is 0.0850 e. The lowest BCUT2D eigenvalue weighted by Crippen LogP contribution is -2.35. The van der Waals surface area contributed by atoms with E-state index < -0.39 is 0 Å². The highest BCUT2D eigenvalue weighted by atomic mass is 35.5. The monoisotopic (exact) mass is 271 g/mol. The molecular weight excluding hydrogens is 246 g/mol. The highest BCUT2D eigenvalue weighted by Gasteiger charge is 2.21. The van der Waals surface area contributed by atoms with Crippen molar-refractivity contribution in [3.8, 4) is 0 Å². The maximum atomic E-state index is 6.41. The van der Waals surface area contributed by atoms with Crippen molar-refractivity contribution in [2.75, 3.05) is 7.05 Å². The third-order valence-corrected chi connectivity index (χ3v) is 4.34. The Morgan fingerprint density at radius 3 is 2.28 bits per heavy atom. The molecule has 0 aliphatic heterocycles. The van der Waals surface area contributed by atoms with Crippen molar-refractivity contribution in [1.82, 2.24) is 15.1 Å². The van der Waals surface area contributed by atoms with Gasteiger partial charge >= 0.3 is 0 Å². The Morgan fingerprint density at radius 1 is 1.28 bits per heavy atom. The lowest BCUT2D eigenvalue weighted by molar-refractivity contribution is 0.344. The third-order valence-electron chi connectivity index (χ3n) is 3.90. The van der Waals surface area contributed by atoms with Crippen LogP contribution in [0.15, 0.2) is 0 Å². The Morgan fingerprint density at radius 2 is 1.89 bits per heavy atom. The summed E-state index contributed by atoms with van der Waals surface area (Å²) in [4.78, 5) is 0. The van der Waals surface area contributed by atoms with Crippen molar-refractivity contribution >= 4 is 11.6 Å². The number of nitrogens with one attached hydrogen (secondary N) is 1. The molecule has 0 aliphatic carbocycles. The number of aryl methyl sites for hydroxylation is 2. The molecule has 1 N–H and O–H groups in total. The molecular formula is C14H26ClN3. The molecule has 0 spiro atoms. The van der Waals surface area contributed by atoms with Crippen molar-refractivity contribution in [3.63, 3.8) is 0 Å². The van der Waals surface area contributed by atoms with E-state index in [1.807, 2.05) is 18.8 Å². The topological polar surface area (TPSA) is 29.9 Å². The molecule has 1 atom stereocenters. The molecule has 0 saturated heterocycles. The first-order chi connectivity index (χ1) is 8.58. The molecule has 1 unspecified atom stereocenters. The van der Waals surface area contributed by atoms with Gasteiger partial charge in [0.2, 0.25) is 0 Å². The van der Waals surface area contributed by atoms with E-state index in [1.165, 1.54) is 12.8 Å². The predicted molar refractivity (Wildman–Crippen MR) is 78.2 cm³/mol. The third kappa shape index (κ3) is 3.27. The number of hydrogen-bond acceptors (Lipinski definition) is 2. The molecule has 4 heteroatoms. The molecule has 0 amide bonds. The Labute approximate surface area is 116 Å². The Balaban J connectivity index is 2.91. The minimum atomic E-state index is 0.470. The molecule has 1 aromatic heterocycles. The van der Waals surface area contributed by atoms with Gasteiger partial charge in [0.1, 0.15) is 0 Å². The van der Waals surface area contributed by atoms with Gasteiger partial charge in [-0.25, -0.2) is 0 Å². The zero-order chi connectivity index (χ0) is 13.7. The number of likely N-dealkylation sites (N-methyl/N-ethyl adjacent to an activating group) is 1. The van der Waals surface area contributed by atoms with Gasteiger partial charge in [-0.2, -0.15) is 5.10 Å². The maximum absolute atomic E-state index is 6.41. The van der Waals surface area contributed by atoms with Gasteiger partial charge in [0.05, 0.1) is 16.4 Å². The van der Waals surface area contributed by atoms with E-state index in [1.54, 1.807) is 0 Å². The van der Waals surface area contributed by atoms with Crippen molar-refractivity contribution in [2.24, 2.45) is 13.0 Å². The summed E-state index contributed by atoms with van der Waals surface area (Å²) in [5.74, 6) is 0.686. The minimum absolute atomic E-state index is 0.470. The molecule has 18 heavy (non-hydrogen) atoms. The summed E-state index contributed by atoms with van der Waals surface area (Å²) >= 11 is 6.41. The molecule has 1 aromatic rings. The lowest BCUT2D eigenvalue weighted by Gasteiger charge is -2.25. The molecule has 0 bridgehead atoms. The Hall–Kier alpha value is -0.540. The number of aromatic nitrogens is 2. The van der Waals surface area contributed by atoms with Crippen LogP contribution in [-0.4, -0.2) is 22.9 Å². The van der Waals surface area contributed by atoms with Gasteiger partial charge < -0.3 is 5.32 Å². The van der Waals surface area contributed by atoms with Gasteiger partial charge in [0.15, 0.2) is 0 Å². The Bertz CT molecular complexity index is 369. The van der Waals surface area contributed by atoms with E-state index in [0.29, 0.717) is 12.0 Å². The summed E-state index contributed by atoms with van der Waals surface area (Å²) in [7, 11) is 4.02. The van der Waals surface area contributed by atoms with Gasteiger partial charge in [-0.1, -0.05) is 45.2 Å². The van der Waals surface area contributed by atoms with Gasteiger partial charge in [0.25, 0.3) is 0 Å². The molecule has 0 aromatic carbocycles. The summed E-state index contributed by atoms with van der Waals surface area (Å²) in [6, 6.07) is 0.470. The fraction of sp³-hybridized carbons (Fsp3) is 0.786. The minimum Gasteiger partial charge on any atom is -0.316 e. The molecule has 3 nitrogen and oxygen atoms in total. The SMILES string of the molecule is CCc1nn(C)c(CC(NC)C(CC)CC)c1Cl. The average molecular weight is 272 g/mol. The zero-order valence-corrected chi connectivity index (χ0v) is 13.0. The van der Waals surface area contributed by atoms with E-state index in [0.717, 1.165) is 29.3 Å². The summed E-state index contributed by atoms with van der Waals surface area (Å²) in [5.41, 5.74) is 2.16. The van der Waals surface area contributed by atoms with Gasteiger partial charge in [-0.3, -0.25) is 4.68 Å². The van der Waals surface area contributed by atoms with E-state index in [4.69, 9.17) is 11.6 Å². The first-order valence-electron chi connectivity index (χ1n) is 6.96. The van der Waals surface area contributed by atoms with Crippen LogP contribution >= 0.6 is 11.6 Å². The van der Waals surface area contributed by atoms with Crippen molar-refractivity contribution in [1.29, 1.82) is 0 Å². The fourth-order valence-corrected chi connectivity index (χ4v) is 2.98. The molecule has 0 aliphatic rings. The van der Waals surface area contributed by atoms with E-state index in [9.17, 15) is 0 Å². The number of halogens is 1. The average Bonchev–Trinajstić information content (AvgIpc) is 2.65. The summed E-state index contributed by atoms with van der Waals surface area (Å²) in [5, 5.41) is 8.77. The van der Waals surface area contributed by atoms with E-state index in [2.05, 4.69) is 31.2 Å². The van der Waals surface area contributed by atoms with Crippen LogP contribution in [0.2, 0.25) is 5.02 Å². The van der Waals surface area contributed by atoms with Gasteiger partial charge in [0, 0.05) is 19.5 Å². The van der Waals surface area contributed by atoms with Crippen LogP contribution in [0.4, 0.5) is 0 Å². The van der Waals surface area contributed by atoms with Crippen molar-refractivity contribution < 1.29 is 0 Å². The van der Waals surface area contributed by atoms with E-state index in [-0.39, 0.29) is 0 Å². The number of hydrogen-bond donors (Lipinski definition) is 1. The van der Waals surface area contributed by atoms with Crippen LogP contribution in [0, 0.1) is 5.92 Å². The summed E-state index contributed by atoms with van der Waals surface area (Å²) in [6.45, 7) is 6.59. The molecule has 1 heterocycles. The van der Waals surface area contributed by atoms with Crippen LogP contribution in [0.25, 0.3) is 0 Å². The molecule has 1 rings (SSSR count). The predicted octanol–water partition coefficient (Wildman–Crippen LogP) is 3.20. The second-order valence-corrected chi connectivity index (χ2v) is 5.24. The van der Waals surface area contributed by atoms with Crippen LogP contribution < -0.4 is 5.32 Å². The largest absolute Gasteiger partial charge is 0.316 e. The highest BCUT2D eigenvalue weighted by molar-refractivity contribution is 6.31. The number of nitrogens with zero attached hydrogens (tertiary/aromatic N) is 2. The standard InChI is InChI=1S/C14H26ClN3/c1-6-10(7-2)12(16-4)9-13-14(15)11(8-3)17-18(13)5/h10,12,16H,6-9H2,1-5H3. The quantitative estimate of drug-likeness (QED) is 0.825. The number of rotatable bonds is 7. The summed E-state index contributed by atoms with van der Waals surface area (Å²) in [6.07, 6.45) is 4.23. The zero-order valence-electron chi connectivity index (χ0n) is 12.3. The van der Waals surface area contributed by atoms with E-state index >= 15 is 0 Å². The van der Waals surface area contributed by atoms with Gasteiger partial charge in [-0.05, 0) is 19.4 Å². The first kappa shape index (κ1) is 15.5. The van der Waals surface area contributed by atoms with Crippen LogP contribution in [0.3, 0.4) is 0 Å². The van der Waals surface area contributed by atoms with Crippen LogP contribution in [0.5, 0.6) is 0 Å². The molecule has 0 saturated carbocycles. The Kier molecular flexibility index (Phi) is 6.16. The van der Waals surface area contributed by atoms with Crippen LogP contribution in [0.1, 0.15) is 45.0 Å². The smallest absolute Gasteiger partial charge is 0.0850 e. The van der Waals surface area contributed by atoms with Crippen molar-refractivity contribution in [3.05, 3.63) is 16.4 Å². The lowest BCUT2D eigenvalue weighted by atomic mass is 9.91. The normalized spacial score (nSPS) is 13.3. The molecule has 0 radical (unpaired) electrons. The van der Waals surface area contributed by atoms with Gasteiger partial charge in [-0.15, -0.1) is 0 Å². The second kappa shape index (κ2) is 7.15. The van der Waals surface area contributed by atoms with Crippen molar-refractivity contribution in [2.45, 2.75) is 52.5 Å². The first-order valence-corrected chi connectivity index (χ1v) is 7.34. The highest BCUT2D eigenvalue weighted by Crippen LogP contribution is 2.25. The molecule has 104 valence electrons.